The van der Waals surface area contributed by atoms with Gasteiger partial charge in [-0.3, -0.25) is 9.58 Å². The molecule has 0 saturated carbocycles. The summed E-state index contributed by atoms with van der Waals surface area (Å²) in [5.74, 6) is 0.877. The van der Waals surface area contributed by atoms with Crippen molar-refractivity contribution in [3.63, 3.8) is 0 Å². The predicted octanol–water partition coefficient (Wildman–Crippen LogP) is 1.09. The second-order valence-corrected chi connectivity index (χ2v) is 5.24. The summed E-state index contributed by atoms with van der Waals surface area (Å²) in [5.41, 5.74) is 1.36. The fourth-order valence-corrected chi connectivity index (χ4v) is 3.35. The topological polar surface area (TPSA) is 33.1 Å². The van der Waals surface area contributed by atoms with Crippen LogP contribution in [0.4, 0.5) is 0 Å². The molecule has 0 radical (unpaired) electrons. The van der Waals surface area contributed by atoms with Crippen molar-refractivity contribution in [3.05, 3.63) is 18.0 Å². The number of aromatic nitrogens is 2. The number of fused-ring (bicyclic) bond motifs is 1. The number of hydrogen-bond acceptors (Lipinski definition) is 3. The first-order valence-corrected chi connectivity index (χ1v) is 6.84. The molecule has 0 aliphatic carbocycles. The van der Waals surface area contributed by atoms with E-state index in [2.05, 4.69) is 33.0 Å². The van der Waals surface area contributed by atoms with Gasteiger partial charge < -0.3 is 5.32 Å². The van der Waals surface area contributed by atoms with Gasteiger partial charge in [-0.1, -0.05) is 0 Å². The zero-order valence-corrected chi connectivity index (χ0v) is 10.6. The highest BCUT2D eigenvalue weighted by Crippen LogP contribution is 2.27. The van der Waals surface area contributed by atoms with E-state index in [0.717, 1.165) is 25.0 Å². The van der Waals surface area contributed by atoms with Crippen molar-refractivity contribution in [2.24, 2.45) is 5.92 Å². The molecule has 0 spiro atoms. The Morgan fingerprint density at radius 2 is 2.41 bits per heavy atom. The first-order chi connectivity index (χ1) is 8.38. The molecule has 1 aromatic heterocycles. The monoisotopic (exact) mass is 234 g/mol. The summed E-state index contributed by atoms with van der Waals surface area (Å²) < 4.78 is 2.12. The zero-order chi connectivity index (χ0) is 11.7. The third-order valence-corrected chi connectivity index (χ3v) is 4.26. The molecule has 2 fully saturated rings. The Labute approximate surface area is 103 Å². The molecule has 0 aromatic carbocycles. The van der Waals surface area contributed by atoms with Gasteiger partial charge in [0.1, 0.15) is 0 Å². The lowest BCUT2D eigenvalue weighted by Crippen LogP contribution is -2.44. The van der Waals surface area contributed by atoms with Gasteiger partial charge in [0.15, 0.2) is 0 Å². The van der Waals surface area contributed by atoms with Gasteiger partial charge >= 0.3 is 0 Å². The molecule has 4 heteroatoms. The minimum atomic E-state index is 0.754. The molecule has 0 amide bonds. The molecule has 3 rings (SSSR count). The SMILES string of the molecule is CCn1nccc1CN1CCCC2CNCC21. The van der Waals surface area contributed by atoms with Crippen molar-refractivity contribution >= 4 is 0 Å². The molecular formula is C13H22N4. The maximum absolute atomic E-state index is 4.36. The molecule has 1 aromatic rings. The van der Waals surface area contributed by atoms with Crippen molar-refractivity contribution in [1.82, 2.24) is 20.0 Å². The van der Waals surface area contributed by atoms with Crippen LogP contribution in [0.2, 0.25) is 0 Å². The highest BCUT2D eigenvalue weighted by atomic mass is 15.3. The fourth-order valence-electron chi connectivity index (χ4n) is 3.35. The van der Waals surface area contributed by atoms with Crippen LogP contribution in [0.3, 0.4) is 0 Å². The quantitative estimate of drug-likeness (QED) is 0.850. The first-order valence-electron chi connectivity index (χ1n) is 6.84. The molecule has 94 valence electrons. The van der Waals surface area contributed by atoms with E-state index < -0.39 is 0 Å². The van der Waals surface area contributed by atoms with Crippen LogP contribution >= 0.6 is 0 Å². The lowest BCUT2D eigenvalue weighted by atomic mass is 9.92. The third-order valence-electron chi connectivity index (χ3n) is 4.26. The van der Waals surface area contributed by atoms with Crippen molar-refractivity contribution in [1.29, 1.82) is 0 Å². The number of aryl methyl sites for hydroxylation is 1. The minimum Gasteiger partial charge on any atom is -0.315 e. The smallest absolute Gasteiger partial charge is 0.0524 e. The van der Waals surface area contributed by atoms with E-state index in [4.69, 9.17) is 0 Å². The van der Waals surface area contributed by atoms with Crippen molar-refractivity contribution in [3.8, 4) is 0 Å². The Kier molecular flexibility index (Phi) is 3.16. The Hall–Kier alpha value is -0.870. The van der Waals surface area contributed by atoms with Gasteiger partial charge in [-0.15, -0.1) is 0 Å². The second-order valence-electron chi connectivity index (χ2n) is 5.24. The Morgan fingerprint density at radius 3 is 3.29 bits per heavy atom. The molecular weight excluding hydrogens is 212 g/mol. The van der Waals surface area contributed by atoms with E-state index in [1.807, 2.05) is 6.20 Å². The van der Waals surface area contributed by atoms with E-state index in [0.29, 0.717) is 0 Å². The molecule has 2 atom stereocenters. The van der Waals surface area contributed by atoms with Crippen LogP contribution in [0.1, 0.15) is 25.5 Å². The van der Waals surface area contributed by atoms with E-state index in [-0.39, 0.29) is 0 Å². The number of piperidine rings is 1. The number of nitrogens with one attached hydrogen (secondary N) is 1. The van der Waals surface area contributed by atoms with Crippen LogP contribution in [-0.2, 0) is 13.1 Å². The average molecular weight is 234 g/mol. The number of likely N-dealkylation sites (tertiary alicyclic amines) is 1. The van der Waals surface area contributed by atoms with E-state index >= 15 is 0 Å². The van der Waals surface area contributed by atoms with Gasteiger partial charge in [0.05, 0.1) is 5.69 Å². The largest absolute Gasteiger partial charge is 0.315 e. The normalized spacial score (nSPS) is 29.5. The summed E-state index contributed by atoms with van der Waals surface area (Å²) in [5, 5.41) is 7.90. The van der Waals surface area contributed by atoms with Crippen LogP contribution in [-0.4, -0.2) is 40.4 Å². The summed E-state index contributed by atoms with van der Waals surface area (Å²) in [6.07, 6.45) is 4.68. The standard InChI is InChI=1S/C13H22N4/c1-2-17-12(5-6-15-17)10-16-7-3-4-11-8-14-9-13(11)16/h5-6,11,13-14H,2-4,7-10H2,1H3. The highest BCUT2D eigenvalue weighted by molar-refractivity contribution is 5.03. The maximum atomic E-state index is 4.36. The Bertz CT molecular complexity index is 373. The first kappa shape index (κ1) is 11.2. The van der Waals surface area contributed by atoms with Gasteiger partial charge in [-0.25, -0.2) is 0 Å². The lowest BCUT2D eigenvalue weighted by molar-refractivity contribution is 0.114. The Balaban J connectivity index is 1.71. The molecule has 4 nitrogen and oxygen atoms in total. The van der Waals surface area contributed by atoms with E-state index in [9.17, 15) is 0 Å². The molecule has 1 N–H and O–H groups in total. The number of rotatable bonds is 3. The van der Waals surface area contributed by atoms with Gasteiger partial charge in [-0.2, -0.15) is 5.10 Å². The van der Waals surface area contributed by atoms with Gasteiger partial charge in [0.25, 0.3) is 0 Å². The number of hydrogen-bond donors (Lipinski definition) is 1. The van der Waals surface area contributed by atoms with Crippen molar-refractivity contribution in [2.45, 2.75) is 38.9 Å². The lowest BCUT2D eigenvalue weighted by Gasteiger charge is -2.36. The van der Waals surface area contributed by atoms with Crippen LogP contribution in [0, 0.1) is 5.92 Å². The molecule has 2 aliphatic rings. The van der Waals surface area contributed by atoms with E-state index in [1.165, 1.54) is 38.2 Å². The summed E-state index contributed by atoms with van der Waals surface area (Å²) in [6.45, 7) is 7.84. The van der Waals surface area contributed by atoms with Crippen LogP contribution in [0.15, 0.2) is 12.3 Å². The summed E-state index contributed by atoms with van der Waals surface area (Å²) in [6, 6.07) is 2.92. The summed E-state index contributed by atoms with van der Waals surface area (Å²) in [7, 11) is 0. The third kappa shape index (κ3) is 2.11. The molecule has 0 bridgehead atoms. The Morgan fingerprint density at radius 1 is 1.47 bits per heavy atom. The molecule has 2 aliphatic heterocycles. The molecule has 2 unspecified atom stereocenters. The van der Waals surface area contributed by atoms with Gasteiger partial charge in [0.2, 0.25) is 0 Å². The average Bonchev–Trinajstić information content (AvgIpc) is 2.97. The van der Waals surface area contributed by atoms with Crippen LogP contribution in [0.5, 0.6) is 0 Å². The van der Waals surface area contributed by atoms with Crippen molar-refractivity contribution < 1.29 is 0 Å². The summed E-state index contributed by atoms with van der Waals surface area (Å²) in [4.78, 5) is 2.65. The molecule has 3 heterocycles. The summed E-state index contributed by atoms with van der Waals surface area (Å²) >= 11 is 0. The second kappa shape index (κ2) is 4.78. The molecule has 17 heavy (non-hydrogen) atoms. The fraction of sp³-hybridized carbons (Fsp3) is 0.769. The van der Waals surface area contributed by atoms with Gasteiger partial charge in [0, 0.05) is 31.9 Å². The molecule has 2 saturated heterocycles. The van der Waals surface area contributed by atoms with Crippen molar-refractivity contribution in [2.75, 3.05) is 19.6 Å². The predicted molar refractivity (Wildman–Crippen MR) is 67.7 cm³/mol. The van der Waals surface area contributed by atoms with E-state index in [1.54, 1.807) is 0 Å². The number of nitrogens with zero attached hydrogens (tertiary/aromatic N) is 3. The van der Waals surface area contributed by atoms with Crippen LogP contribution in [0.25, 0.3) is 0 Å². The van der Waals surface area contributed by atoms with Crippen LogP contribution < -0.4 is 5.32 Å². The van der Waals surface area contributed by atoms with Gasteiger partial charge in [-0.05, 0) is 44.8 Å². The minimum absolute atomic E-state index is 0.754. The maximum Gasteiger partial charge on any atom is 0.0524 e. The zero-order valence-electron chi connectivity index (χ0n) is 10.6. The highest BCUT2D eigenvalue weighted by Gasteiger charge is 2.34.